The smallest absolute Gasteiger partial charge is 0.278 e. The summed E-state index contributed by atoms with van der Waals surface area (Å²) in [7, 11) is 0. The van der Waals surface area contributed by atoms with Gasteiger partial charge < -0.3 is 4.57 Å². The monoisotopic (exact) mass is 479 g/mol. The van der Waals surface area contributed by atoms with E-state index in [1.165, 1.54) is 24.0 Å². The van der Waals surface area contributed by atoms with Crippen molar-refractivity contribution in [1.82, 2.24) is 15.0 Å². The molecule has 166 valence electrons. The number of nitrogens with one attached hydrogen (secondary N) is 1. The molecule has 3 aromatic carbocycles. The second kappa shape index (κ2) is 10.3. The third-order valence-corrected chi connectivity index (χ3v) is 6.11. The Morgan fingerprint density at radius 1 is 1.12 bits per heavy atom. The minimum absolute atomic E-state index is 0.0695. The van der Waals surface area contributed by atoms with Crippen LogP contribution in [0, 0.1) is 10.1 Å². The fourth-order valence-electron chi connectivity index (χ4n) is 3.21. The highest BCUT2D eigenvalue weighted by Gasteiger charge is 2.14. The highest BCUT2D eigenvalue weighted by Crippen LogP contribution is 2.27. The van der Waals surface area contributed by atoms with Gasteiger partial charge in [-0.1, -0.05) is 65.8 Å². The Balaban J connectivity index is 1.46. The zero-order chi connectivity index (χ0) is 23.2. The normalized spacial score (nSPS) is 11.2. The van der Waals surface area contributed by atoms with Crippen LogP contribution in [0.5, 0.6) is 0 Å². The van der Waals surface area contributed by atoms with Crippen LogP contribution in [0.25, 0.3) is 11.0 Å². The number of fused-ring (bicyclic) bond motifs is 1. The van der Waals surface area contributed by atoms with Crippen LogP contribution in [0.3, 0.4) is 0 Å². The highest BCUT2D eigenvalue weighted by molar-refractivity contribution is 7.99. The Morgan fingerprint density at radius 2 is 1.85 bits per heavy atom. The van der Waals surface area contributed by atoms with E-state index < -0.39 is 4.92 Å². The van der Waals surface area contributed by atoms with Crippen LogP contribution in [0.1, 0.15) is 11.1 Å². The molecule has 0 atom stereocenters. The summed E-state index contributed by atoms with van der Waals surface area (Å²) in [5.74, 6) is -0.286. The Labute approximate surface area is 198 Å². The Morgan fingerprint density at radius 3 is 2.67 bits per heavy atom. The maximum absolute atomic E-state index is 12.3. The largest absolute Gasteiger partial charge is 0.314 e. The molecule has 0 aliphatic rings. The SMILES string of the molecule is O=C(CSc1nc2ccccc2n1Cc1ccccc1Cl)NN=Cc1ccccc1[N+](=O)[O-]. The number of amides is 1. The summed E-state index contributed by atoms with van der Waals surface area (Å²) >= 11 is 7.62. The van der Waals surface area contributed by atoms with Crippen LogP contribution in [-0.2, 0) is 11.3 Å². The summed E-state index contributed by atoms with van der Waals surface area (Å²) in [5.41, 5.74) is 5.33. The van der Waals surface area contributed by atoms with Gasteiger partial charge in [-0.05, 0) is 29.8 Å². The molecule has 0 spiro atoms. The Bertz CT molecular complexity index is 1350. The number of rotatable bonds is 8. The van der Waals surface area contributed by atoms with E-state index in [9.17, 15) is 14.9 Å². The number of hydrazone groups is 1. The van der Waals surface area contributed by atoms with Crippen LogP contribution in [0.2, 0.25) is 5.02 Å². The molecule has 0 aliphatic carbocycles. The second-order valence-electron chi connectivity index (χ2n) is 6.96. The van der Waals surface area contributed by atoms with Crippen molar-refractivity contribution < 1.29 is 9.72 Å². The molecular weight excluding hydrogens is 462 g/mol. The maximum atomic E-state index is 12.3. The Hall–Kier alpha value is -3.69. The molecule has 1 N–H and O–H groups in total. The number of nitro benzene ring substituents is 1. The molecule has 1 heterocycles. The van der Waals surface area contributed by atoms with Crippen LogP contribution >= 0.6 is 23.4 Å². The van der Waals surface area contributed by atoms with Crippen molar-refractivity contribution in [2.24, 2.45) is 5.10 Å². The van der Waals surface area contributed by atoms with E-state index >= 15 is 0 Å². The first-order valence-electron chi connectivity index (χ1n) is 9.89. The van der Waals surface area contributed by atoms with Crippen LogP contribution in [0.15, 0.2) is 83.1 Å². The standard InChI is InChI=1S/C23H18ClN5O3S/c24-18-9-3-1-8-17(18)14-28-21-12-6-4-10-19(21)26-23(28)33-15-22(30)27-25-13-16-7-2-5-11-20(16)29(31)32/h1-13H,14-15H2,(H,27,30). The van der Waals surface area contributed by atoms with Crippen LogP contribution in [0.4, 0.5) is 5.69 Å². The summed E-state index contributed by atoms with van der Waals surface area (Å²) in [6, 6.07) is 21.5. The number of halogens is 1. The van der Waals surface area contributed by atoms with Crippen molar-refractivity contribution in [3.05, 3.63) is 99.1 Å². The number of para-hydroxylation sites is 3. The van der Waals surface area contributed by atoms with Gasteiger partial charge in [-0.2, -0.15) is 5.10 Å². The molecule has 1 aromatic heterocycles. The number of nitro groups is 1. The minimum Gasteiger partial charge on any atom is -0.314 e. The highest BCUT2D eigenvalue weighted by atomic mass is 35.5. The quantitative estimate of drug-likeness (QED) is 0.168. The topological polar surface area (TPSA) is 102 Å². The van der Waals surface area contributed by atoms with Gasteiger partial charge in [0.15, 0.2) is 5.16 Å². The summed E-state index contributed by atoms with van der Waals surface area (Å²) in [5, 5.41) is 16.3. The second-order valence-corrected chi connectivity index (χ2v) is 8.31. The number of thioether (sulfide) groups is 1. The third-order valence-electron chi connectivity index (χ3n) is 4.76. The average molecular weight is 480 g/mol. The number of benzene rings is 3. The maximum Gasteiger partial charge on any atom is 0.278 e. The molecule has 0 unspecified atom stereocenters. The zero-order valence-electron chi connectivity index (χ0n) is 17.2. The number of hydrogen-bond donors (Lipinski definition) is 1. The van der Waals surface area contributed by atoms with Crippen molar-refractivity contribution in [3.8, 4) is 0 Å². The number of hydrogen-bond acceptors (Lipinski definition) is 6. The number of carbonyl (C=O) groups is 1. The molecule has 0 fully saturated rings. The van der Waals surface area contributed by atoms with Gasteiger partial charge in [-0.3, -0.25) is 14.9 Å². The van der Waals surface area contributed by atoms with Gasteiger partial charge in [0.25, 0.3) is 11.6 Å². The van der Waals surface area contributed by atoms with Gasteiger partial charge in [0.05, 0.1) is 40.0 Å². The molecule has 0 saturated carbocycles. The van der Waals surface area contributed by atoms with Gasteiger partial charge >= 0.3 is 0 Å². The molecule has 4 rings (SSSR count). The van der Waals surface area contributed by atoms with Crippen molar-refractivity contribution in [3.63, 3.8) is 0 Å². The van der Waals surface area contributed by atoms with Crippen molar-refractivity contribution >= 4 is 52.2 Å². The predicted molar refractivity (Wildman–Crippen MR) is 130 cm³/mol. The van der Waals surface area contributed by atoms with E-state index in [1.807, 2.05) is 53.1 Å². The molecule has 4 aromatic rings. The molecule has 0 radical (unpaired) electrons. The number of carbonyl (C=O) groups excluding carboxylic acids is 1. The lowest BCUT2D eigenvalue weighted by Crippen LogP contribution is -2.20. The first-order chi connectivity index (χ1) is 16.0. The van der Waals surface area contributed by atoms with E-state index in [-0.39, 0.29) is 17.3 Å². The molecule has 8 nitrogen and oxygen atoms in total. The molecule has 1 amide bonds. The van der Waals surface area contributed by atoms with Crippen molar-refractivity contribution in [2.45, 2.75) is 11.7 Å². The molecular formula is C23H18ClN5O3S. The number of nitrogens with zero attached hydrogens (tertiary/aromatic N) is 4. The lowest BCUT2D eigenvalue weighted by Gasteiger charge is -2.10. The predicted octanol–water partition coefficient (Wildman–Crippen LogP) is 4.89. The van der Waals surface area contributed by atoms with Gasteiger partial charge in [0.1, 0.15) is 0 Å². The summed E-state index contributed by atoms with van der Waals surface area (Å²) in [6.07, 6.45) is 1.26. The number of imidazole rings is 1. The van der Waals surface area contributed by atoms with E-state index in [1.54, 1.807) is 18.2 Å². The van der Waals surface area contributed by atoms with Gasteiger partial charge in [-0.15, -0.1) is 0 Å². The molecule has 0 bridgehead atoms. The van der Waals surface area contributed by atoms with Gasteiger partial charge in [0.2, 0.25) is 0 Å². The minimum atomic E-state index is -0.498. The number of aromatic nitrogens is 2. The summed E-state index contributed by atoms with van der Waals surface area (Å²) in [4.78, 5) is 27.6. The first kappa shape index (κ1) is 22.5. The molecule has 33 heavy (non-hydrogen) atoms. The fraction of sp³-hybridized carbons (Fsp3) is 0.0870. The molecule has 0 aliphatic heterocycles. The van der Waals surface area contributed by atoms with E-state index in [2.05, 4.69) is 15.5 Å². The van der Waals surface area contributed by atoms with E-state index in [0.29, 0.717) is 22.3 Å². The lowest BCUT2D eigenvalue weighted by atomic mass is 10.2. The van der Waals surface area contributed by atoms with Crippen molar-refractivity contribution in [1.29, 1.82) is 0 Å². The molecule has 10 heteroatoms. The third kappa shape index (κ3) is 5.39. The Kier molecular flexibility index (Phi) is 7.01. The molecule has 0 saturated heterocycles. The lowest BCUT2D eigenvalue weighted by molar-refractivity contribution is -0.385. The van der Waals surface area contributed by atoms with Gasteiger partial charge in [0, 0.05) is 11.1 Å². The van der Waals surface area contributed by atoms with Gasteiger partial charge in [-0.25, -0.2) is 10.4 Å². The first-order valence-corrected chi connectivity index (χ1v) is 11.3. The summed E-state index contributed by atoms with van der Waals surface area (Å²) in [6.45, 7) is 0.514. The fourth-order valence-corrected chi connectivity index (χ4v) is 4.21. The summed E-state index contributed by atoms with van der Waals surface area (Å²) < 4.78 is 2.02. The van der Waals surface area contributed by atoms with Crippen LogP contribution in [-0.4, -0.2) is 32.3 Å². The van der Waals surface area contributed by atoms with E-state index in [4.69, 9.17) is 11.6 Å². The zero-order valence-corrected chi connectivity index (χ0v) is 18.8. The van der Waals surface area contributed by atoms with Crippen molar-refractivity contribution in [2.75, 3.05) is 5.75 Å². The van der Waals surface area contributed by atoms with Crippen LogP contribution < -0.4 is 5.43 Å². The van der Waals surface area contributed by atoms with E-state index in [0.717, 1.165) is 16.6 Å². The average Bonchev–Trinajstić information content (AvgIpc) is 3.17.